The molecule has 0 aliphatic heterocycles. The van der Waals surface area contributed by atoms with Crippen molar-refractivity contribution in [3.8, 4) is 0 Å². The first-order valence-corrected chi connectivity index (χ1v) is 4.42. The Labute approximate surface area is 83.0 Å². The summed E-state index contributed by atoms with van der Waals surface area (Å²) in [5.41, 5.74) is 7.19. The van der Waals surface area contributed by atoms with Crippen LogP contribution < -0.4 is 5.73 Å². The van der Waals surface area contributed by atoms with Gasteiger partial charge in [0.2, 0.25) is 0 Å². The first kappa shape index (κ1) is 10.5. The van der Waals surface area contributed by atoms with E-state index in [1.165, 1.54) is 0 Å². The van der Waals surface area contributed by atoms with Crippen molar-refractivity contribution in [3.05, 3.63) is 35.4 Å². The summed E-state index contributed by atoms with van der Waals surface area (Å²) in [5.74, 6) is 0.118. The predicted octanol–water partition coefficient (Wildman–Crippen LogP) is 1.32. The van der Waals surface area contributed by atoms with Crippen LogP contribution >= 0.6 is 0 Å². The highest BCUT2D eigenvalue weighted by molar-refractivity contribution is 5.96. The van der Waals surface area contributed by atoms with Crippen LogP contribution in [0.25, 0.3) is 0 Å². The van der Waals surface area contributed by atoms with Crippen LogP contribution in [0, 0.1) is 0 Å². The molecular formula is C10H14N2O2. The summed E-state index contributed by atoms with van der Waals surface area (Å²) in [5, 5.41) is 11.4. The van der Waals surface area contributed by atoms with Crippen molar-refractivity contribution in [3.63, 3.8) is 0 Å². The van der Waals surface area contributed by atoms with E-state index in [2.05, 4.69) is 5.16 Å². The Balaban J connectivity index is 2.68. The van der Waals surface area contributed by atoms with Crippen LogP contribution in [0.1, 0.15) is 18.1 Å². The molecule has 1 aromatic carbocycles. The molecule has 0 aliphatic carbocycles. The van der Waals surface area contributed by atoms with E-state index in [1.54, 1.807) is 12.1 Å². The van der Waals surface area contributed by atoms with Crippen LogP contribution in [0.4, 0.5) is 0 Å². The van der Waals surface area contributed by atoms with Gasteiger partial charge in [0.05, 0.1) is 6.61 Å². The summed E-state index contributed by atoms with van der Waals surface area (Å²) in [6, 6.07) is 7.37. The van der Waals surface area contributed by atoms with Gasteiger partial charge >= 0.3 is 0 Å². The third-order valence-corrected chi connectivity index (χ3v) is 1.83. The highest BCUT2D eigenvalue weighted by Gasteiger charge is 1.98. The van der Waals surface area contributed by atoms with Gasteiger partial charge in [-0.1, -0.05) is 29.4 Å². The fraction of sp³-hybridized carbons (Fsp3) is 0.300. The first-order valence-electron chi connectivity index (χ1n) is 4.42. The van der Waals surface area contributed by atoms with Gasteiger partial charge in [-0.2, -0.15) is 0 Å². The molecule has 4 nitrogen and oxygen atoms in total. The van der Waals surface area contributed by atoms with E-state index in [1.807, 2.05) is 19.1 Å². The lowest BCUT2D eigenvalue weighted by Gasteiger charge is -2.02. The fourth-order valence-electron chi connectivity index (χ4n) is 1.05. The average molecular weight is 194 g/mol. The number of nitrogens with zero attached hydrogens (tertiary/aromatic N) is 1. The number of benzene rings is 1. The molecular weight excluding hydrogens is 180 g/mol. The summed E-state index contributed by atoms with van der Waals surface area (Å²) >= 11 is 0. The molecule has 0 radical (unpaired) electrons. The van der Waals surface area contributed by atoms with Crippen molar-refractivity contribution in [2.24, 2.45) is 10.9 Å². The van der Waals surface area contributed by atoms with Gasteiger partial charge in [0.15, 0.2) is 5.84 Å². The van der Waals surface area contributed by atoms with Crippen LogP contribution in [0.3, 0.4) is 0 Å². The molecule has 0 saturated carbocycles. The van der Waals surface area contributed by atoms with Crippen LogP contribution in [0.15, 0.2) is 29.4 Å². The maximum absolute atomic E-state index is 8.44. The molecule has 0 saturated heterocycles. The molecule has 76 valence electrons. The van der Waals surface area contributed by atoms with E-state index in [4.69, 9.17) is 15.7 Å². The zero-order valence-electron chi connectivity index (χ0n) is 8.10. The minimum absolute atomic E-state index is 0.118. The number of ether oxygens (including phenoxy) is 1. The largest absolute Gasteiger partial charge is 0.409 e. The third kappa shape index (κ3) is 2.74. The van der Waals surface area contributed by atoms with Crippen LogP contribution in [-0.2, 0) is 11.3 Å². The topological polar surface area (TPSA) is 67.8 Å². The van der Waals surface area contributed by atoms with E-state index < -0.39 is 0 Å². The normalized spacial score (nSPS) is 11.6. The SMILES string of the molecule is CCOCc1ccc(/C(N)=N/O)cc1. The average Bonchev–Trinajstić information content (AvgIpc) is 2.26. The van der Waals surface area contributed by atoms with Gasteiger partial charge in [-0.3, -0.25) is 0 Å². The fourth-order valence-corrected chi connectivity index (χ4v) is 1.05. The summed E-state index contributed by atoms with van der Waals surface area (Å²) in [7, 11) is 0. The lowest BCUT2D eigenvalue weighted by atomic mass is 10.1. The second kappa shape index (κ2) is 5.24. The monoisotopic (exact) mass is 194 g/mol. The zero-order chi connectivity index (χ0) is 10.4. The highest BCUT2D eigenvalue weighted by Crippen LogP contribution is 2.05. The highest BCUT2D eigenvalue weighted by atomic mass is 16.5. The Morgan fingerprint density at radius 3 is 2.57 bits per heavy atom. The number of rotatable bonds is 4. The van der Waals surface area contributed by atoms with Crippen molar-refractivity contribution in [2.45, 2.75) is 13.5 Å². The molecule has 3 N–H and O–H groups in total. The molecule has 1 aromatic rings. The Bertz CT molecular complexity index is 306. The van der Waals surface area contributed by atoms with Gasteiger partial charge in [0.25, 0.3) is 0 Å². The van der Waals surface area contributed by atoms with Crippen molar-refractivity contribution in [2.75, 3.05) is 6.61 Å². The van der Waals surface area contributed by atoms with Gasteiger partial charge in [-0.05, 0) is 12.5 Å². The van der Waals surface area contributed by atoms with Crippen LogP contribution in [-0.4, -0.2) is 17.6 Å². The molecule has 4 heteroatoms. The van der Waals surface area contributed by atoms with Gasteiger partial charge < -0.3 is 15.7 Å². The number of amidine groups is 1. The summed E-state index contributed by atoms with van der Waals surface area (Å²) < 4.78 is 5.24. The Morgan fingerprint density at radius 2 is 2.07 bits per heavy atom. The van der Waals surface area contributed by atoms with Crippen molar-refractivity contribution in [1.82, 2.24) is 0 Å². The lowest BCUT2D eigenvalue weighted by molar-refractivity contribution is 0.134. The molecule has 0 aromatic heterocycles. The Kier molecular flexibility index (Phi) is 3.94. The lowest BCUT2D eigenvalue weighted by Crippen LogP contribution is -2.12. The molecule has 0 amide bonds. The molecule has 0 unspecified atom stereocenters. The molecule has 0 atom stereocenters. The van der Waals surface area contributed by atoms with Gasteiger partial charge in [-0.25, -0.2) is 0 Å². The van der Waals surface area contributed by atoms with Crippen LogP contribution in [0.2, 0.25) is 0 Å². The molecule has 0 spiro atoms. The van der Waals surface area contributed by atoms with E-state index in [0.717, 1.165) is 5.56 Å². The van der Waals surface area contributed by atoms with E-state index >= 15 is 0 Å². The van der Waals surface area contributed by atoms with Crippen molar-refractivity contribution in [1.29, 1.82) is 0 Å². The summed E-state index contributed by atoms with van der Waals surface area (Å²) in [4.78, 5) is 0. The minimum Gasteiger partial charge on any atom is -0.409 e. The predicted molar refractivity (Wildman–Crippen MR) is 54.3 cm³/mol. The summed E-state index contributed by atoms with van der Waals surface area (Å²) in [6.07, 6.45) is 0. The Morgan fingerprint density at radius 1 is 1.43 bits per heavy atom. The molecule has 0 fully saturated rings. The number of hydrogen-bond acceptors (Lipinski definition) is 3. The van der Waals surface area contributed by atoms with E-state index in [9.17, 15) is 0 Å². The van der Waals surface area contributed by atoms with Gasteiger partial charge in [0.1, 0.15) is 0 Å². The molecule has 0 heterocycles. The van der Waals surface area contributed by atoms with Gasteiger partial charge in [-0.15, -0.1) is 0 Å². The number of hydrogen-bond donors (Lipinski definition) is 2. The summed E-state index contributed by atoms with van der Waals surface area (Å²) in [6.45, 7) is 3.24. The smallest absolute Gasteiger partial charge is 0.170 e. The van der Waals surface area contributed by atoms with Crippen molar-refractivity contribution >= 4 is 5.84 Å². The number of oxime groups is 1. The van der Waals surface area contributed by atoms with E-state index in [0.29, 0.717) is 18.8 Å². The molecule has 0 aliphatic rings. The quantitative estimate of drug-likeness (QED) is 0.329. The molecule has 1 rings (SSSR count). The molecule has 0 bridgehead atoms. The van der Waals surface area contributed by atoms with Crippen LogP contribution in [0.5, 0.6) is 0 Å². The first-order chi connectivity index (χ1) is 6.77. The second-order valence-electron chi connectivity index (χ2n) is 2.82. The molecule has 14 heavy (non-hydrogen) atoms. The number of nitrogens with two attached hydrogens (primary N) is 1. The van der Waals surface area contributed by atoms with Gasteiger partial charge in [0, 0.05) is 12.2 Å². The standard InChI is InChI=1S/C10H14N2O2/c1-2-14-7-8-3-5-9(6-4-8)10(11)12-13/h3-6,13H,2,7H2,1H3,(H2,11,12). The van der Waals surface area contributed by atoms with Crippen molar-refractivity contribution < 1.29 is 9.94 Å². The maximum atomic E-state index is 8.44. The minimum atomic E-state index is 0.118. The maximum Gasteiger partial charge on any atom is 0.170 e. The third-order valence-electron chi connectivity index (χ3n) is 1.83. The Hall–Kier alpha value is -1.55. The second-order valence-corrected chi connectivity index (χ2v) is 2.82. The zero-order valence-corrected chi connectivity index (χ0v) is 8.10. The van der Waals surface area contributed by atoms with E-state index in [-0.39, 0.29) is 5.84 Å².